The van der Waals surface area contributed by atoms with E-state index in [9.17, 15) is 0 Å². The lowest BCUT2D eigenvalue weighted by Gasteiger charge is -2.17. The first-order valence-corrected chi connectivity index (χ1v) is 5.79. The number of hydrogen-bond acceptors (Lipinski definition) is 3. The summed E-state index contributed by atoms with van der Waals surface area (Å²) >= 11 is 0. The van der Waals surface area contributed by atoms with Gasteiger partial charge in [0.2, 0.25) is 0 Å². The fraction of sp³-hybridized carbons (Fsp3) is 0.583. The van der Waals surface area contributed by atoms with E-state index in [4.69, 9.17) is 11.5 Å². The van der Waals surface area contributed by atoms with Crippen molar-refractivity contribution in [3.63, 3.8) is 0 Å². The maximum Gasteiger partial charge on any atom is 0.146 e. The summed E-state index contributed by atoms with van der Waals surface area (Å²) in [5.41, 5.74) is 13.6. The zero-order valence-electron chi connectivity index (χ0n) is 9.08. The second kappa shape index (κ2) is 4.51. The number of nitrogens with two attached hydrogens (primary N) is 2. The SMILES string of the molecule is Nc1nccc(C2CCCCCC2)c1N. The van der Waals surface area contributed by atoms with Crippen molar-refractivity contribution in [1.82, 2.24) is 4.98 Å². The van der Waals surface area contributed by atoms with Gasteiger partial charge in [-0.2, -0.15) is 0 Å². The molecule has 2 rings (SSSR count). The third-order valence-corrected chi connectivity index (χ3v) is 3.35. The number of pyridine rings is 1. The van der Waals surface area contributed by atoms with E-state index < -0.39 is 0 Å². The van der Waals surface area contributed by atoms with Crippen LogP contribution >= 0.6 is 0 Å². The van der Waals surface area contributed by atoms with Crippen molar-refractivity contribution < 1.29 is 0 Å². The number of aromatic nitrogens is 1. The Morgan fingerprint density at radius 2 is 1.73 bits per heavy atom. The molecule has 1 fully saturated rings. The highest BCUT2D eigenvalue weighted by molar-refractivity contribution is 5.63. The minimum absolute atomic E-state index is 0.483. The third-order valence-electron chi connectivity index (χ3n) is 3.35. The van der Waals surface area contributed by atoms with Crippen LogP contribution in [0.3, 0.4) is 0 Å². The van der Waals surface area contributed by atoms with Crippen LogP contribution in [0.25, 0.3) is 0 Å². The fourth-order valence-electron chi connectivity index (χ4n) is 2.45. The Morgan fingerprint density at radius 1 is 1.07 bits per heavy atom. The number of nitrogens with zero attached hydrogens (tertiary/aromatic N) is 1. The molecule has 3 heteroatoms. The quantitative estimate of drug-likeness (QED) is 0.693. The molecule has 0 aliphatic heterocycles. The Labute approximate surface area is 90.9 Å². The van der Waals surface area contributed by atoms with Crippen LogP contribution in [-0.2, 0) is 0 Å². The van der Waals surface area contributed by atoms with Gasteiger partial charge < -0.3 is 11.5 Å². The summed E-state index contributed by atoms with van der Waals surface area (Å²) in [6, 6.07) is 2.03. The van der Waals surface area contributed by atoms with Crippen LogP contribution in [0, 0.1) is 0 Å². The van der Waals surface area contributed by atoms with E-state index in [0.717, 1.165) is 0 Å². The minimum Gasteiger partial charge on any atom is -0.396 e. The molecule has 1 aromatic rings. The summed E-state index contributed by atoms with van der Waals surface area (Å²) in [6.45, 7) is 0. The number of anilines is 2. The molecule has 0 bridgehead atoms. The van der Waals surface area contributed by atoms with Crippen LogP contribution in [-0.4, -0.2) is 4.98 Å². The molecule has 1 heterocycles. The molecule has 0 unspecified atom stereocenters. The van der Waals surface area contributed by atoms with E-state index in [0.29, 0.717) is 17.4 Å². The topological polar surface area (TPSA) is 64.9 Å². The molecule has 4 N–H and O–H groups in total. The molecule has 82 valence electrons. The average molecular weight is 205 g/mol. The standard InChI is InChI=1S/C12H19N3/c13-11-10(7-8-15-12(11)14)9-5-3-1-2-4-6-9/h7-9H,1-6,13H2,(H2,14,15). The molecule has 1 aromatic heterocycles. The van der Waals surface area contributed by atoms with E-state index in [1.165, 1.54) is 44.1 Å². The monoisotopic (exact) mass is 205 g/mol. The Morgan fingerprint density at radius 3 is 2.40 bits per heavy atom. The summed E-state index contributed by atoms with van der Waals surface area (Å²) in [4.78, 5) is 4.01. The zero-order chi connectivity index (χ0) is 10.7. The Balaban J connectivity index is 2.23. The summed E-state index contributed by atoms with van der Waals surface area (Å²) in [6.07, 6.45) is 9.60. The second-order valence-corrected chi connectivity index (χ2v) is 4.39. The van der Waals surface area contributed by atoms with Gasteiger partial charge in [-0.1, -0.05) is 25.7 Å². The lowest BCUT2D eigenvalue weighted by molar-refractivity contribution is 0.594. The van der Waals surface area contributed by atoms with Gasteiger partial charge in [0.25, 0.3) is 0 Å². The smallest absolute Gasteiger partial charge is 0.146 e. The molecule has 0 saturated heterocycles. The van der Waals surface area contributed by atoms with Crippen molar-refractivity contribution in [2.45, 2.75) is 44.4 Å². The van der Waals surface area contributed by atoms with Gasteiger partial charge in [0.15, 0.2) is 0 Å². The van der Waals surface area contributed by atoms with E-state index in [1.807, 2.05) is 6.07 Å². The maximum atomic E-state index is 5.98. The van der Waals surface area contributed by atoms with Crippen molar-refractivity contribution in [2.75, 3.05) is 11.5 Å². The lowest BCUT2D eigenvalue weighted by Crippen LogP contribution is -2.06. The molecule has 0 atom stereocenters. The predicted octanol–water partition coefficient (Wildman–Crippen LogP) is 2.68. The molecule has 3 nitrogen and oxygen atoms in total. The Hall–Kier alpha value is -1.25. The summed E-state index contributed by atoms with van der Waals surface area (Å²) in [7, 11) is 0. The molecular weight excluding hydrogens is 186 g/mol. The van der Waals surface area contributed by atoms with E-state index >= 15 is 0 Å². The predicted molar refractivity (Wildman–Crippen MR) is 63.5 cm³/mol. The number of nitrogen functional groups attached to an aromatic ring is 2. The average Bonchev–Trinajstić information content (AvgIpc) is 2.50. The van der Waals surface area contributed by atoms with Crippen LogP contribution in [0.15, 0.2) is 12.3 Å². The van der Waals surface area contributed by atoms with Gasteiger partial charge in [0, 0.05) is 6.20 Å². The molecular formula is C12H19N3. The van der Waals surface area contributed by atoms with Crippen molar-refractivity contribution in [1.29, 1.82) is 0 Å². The highest BCUT2D eigenvalue weighted by Crippen LogP contribution is 2.35. The molecule has 0 amide bonds. The highest BCUT2D eigenvalue weighted by atomic mass is 14.9. The third kappa shape index (κ3) is 2.22. The molecule has 0 aromatic carbocycles. The van der Waals surface area contributed by atoms with Crippen LogP contribution in [0.4, 0.5) is 11.5 Å². The van der Waals surface area contributed by atoms with Crippen molar-refractivity contribution in [3.05, 3.63) is 17.8 Å². The van der Waals surface area contributed by atoms with Crippen LogP contribution in [0.1, 0.15) is 50.0 Å². The van der Waals surface area contributed by atoms with Gasteiger partial charge in [-0.15, -0.1) is 0 Å². The van der Waals surface area contributed by atoms with Crippen LogP contribution < -0.4 is 11.5 Å². The summed E-state index contributed by atoms with van der Waals surface area (Å²) < 4.78 is 0. The molecule has 15 heavy (non-hydrogen) atoms. The first kappa shape index (κ1) is 10.3. The van der Waals surface area contributed by atoms with Gasteiger partial charge in [-0.25, -0.2) is 4.98 Å². The normalized spacial score (nSPS) is 18.7. The fourth-order valence-corrected chi connectivity index (χ4v) is 2.45. The number of rotatable bonds is 1. The molecule has 1 aliphatic carbocycles. The molecule has 1 aliphatic rings. The van der Waals surface area contributed by atoms with Gasteiger partial charge in [0.05, 0.1) is 5.69 Å². The lowest BCUT2D eigenvalue weighted by atomic mass is 9.91. The van der Waals surface area contributed by atoms with Gasteiger partial charge >= 0.3 is 0 Å². The van der Waals surface area contributed by atoms with Gasteiger partial charge in [-0.3, -0.25) is 0 Å². The van der Waals surface area contributed by atoms with E-state index in [1.54, 1.807) is 6.20 Å². The maximum absolute atomic E-state index is 5.98. The van der Waals surface area contributed by atoms with Gasteiger partial charge in [-0.05, 0) is 30.4 Å². The van der Waals surface area contributed by atoms with Crippen molar-refractivity contribution >= 4 is 11.5 Å². The minimum atomic E-state index is 0.483. The van der Waals surface area contributed by atoms with E-state index in [2.05, 4.69) is 4.98 Å². The largest absolute Gasteiger partial charge is 0.396 e. The van der Waals surface area contributed by atoms with Gasteiger partial charge in [0.1, 0.15) is 5.82 Å². The summed E-state index contributed by atoms with van der Waals surface area (Å²) in [5.74, 6) is 1.08. The van der Waals surface area contributed by atoms with Crippen LogP contribution in [0.5, 0.6) is 0 Å². The Kier molecular flexibility index (Phi) is 3.09. The second-order valence-electron chi connectivity index (χ2n) is 4.39. The van der Waals surface area contributed by atoms with Crippen molar-refractivity contribution in [2.24, 2.45) is 0 Å². The molecule has 0 spiro atoms. The molecule has 0 radical (unpaired) electrons. The first-order chi connectivity index (χ1) is 7.29. The first-order valence-electron chi connectivity index (χ1n) is 5.79. The summed E-state index contributed by atoms with van der Waals surface area (Å²) in [5, 5.41) is 0. The van der Waals surface area contributed by atoms with Crippen LogP contribution in [0.2, 0.25) is 0 Å². The number of hydrogen-bond donors (Lipinski definition) is 2. The highest BCUT2D eigenvalue weighted by Gasteiger charge is 2.17. The molecule has 1 saturated carbocycles. The Bertz CT molecular complexity index is 328. The van der Waals surface area contributed by atoms with Crippen molar-refractivity contribution in [3.8, 4) is 0 Å². The van der Waals surface area contributed by atoms with E-state index in [-0.39, 0.29) is 0 Å². The zero-order valence-corrected chi connectivity index (χ0v) is 9.08.